The lowest BCUT2D eigenvalue weighted by Gasteiger charge is -2.32. The quantitative estimate of drug-likeness (QED) is 0.771. The number of aromatic nitrogens is 1. The van der Waals surface area contributed by atoms with E-state index in [2.05, 4.69) is 4.98 Å². The van der Waals surface area contributed by atoms with Crippen molar-refractivity contribution >= 4 is 23.4 Å². The Kier molecular flexibility index (Phi) is 5.67. The molecule has 0 spiro atoms. The number of nitrogens with zero attached hydrogens (tertiary/aromatic N) is 3. The molecule has 2 aliphatic rings. The average molecular weight is 402 g/mol. The van der Waals surface area contributed by atoms with E-state index in [1.54, 1.807) is 11.1 Å². The molecule has 2 fully saturated rings. The Bertz CT molecular complexity index is 849. The highest BCUT2D eigenvalue weighted by molar-refractivity contribution is 6.30. The maximum atomic E-state index is 12.6. The summed E-state index contributed by atoms with van der Waals surface area (Å²) in [6.45, 7) is 2.21. The summed E-state index contributed by atoms with van der Waals surface area (Å²) in [6, 6.07) is 7.68. The Morgan fingerprint density at radius 3 is 2.79 bits per heavy atom. The van der Waals surface area contributed by atoms with Crippen LogP contribution >= 0.6 is 11.6 Å². The predicted octanol–water partition coefficient (Wildman–Crippen LogP) is 3.25. The number of carbonyl (C=O) groups excluding carboxylic acids is 2. The van der Waals surface area contributed by atoms with Gasteiger partial charge in [-0.2, -0.15) is 0 Å². The summed E-state index contributed by atoms with van der Waals surface area (Å²) < 4.78 is 5.99. The lowest BCUT2D eigenvalue weighted by molar-refractivity contribution is -0.139. The van der Waals surface area contributed by atoms with Gasteiger partial charge in [0.05, 0.1) is 18.7 Å². The van der Waals surface area contributed by atoms with Crippen LogP contribution in [0.25, 0.3) is 0 Å². The second kappa shape index (κ2) is 8.35. The normalized spacial score (nSPS) is 20.0. The van der Waals surface area contributed by atoms with Crippen LogP contribution in [0.15, 0.2) is 34.9 Å². The third-order valence-electron chi connectivity index (χ3n) is 5.48. The Morgan fingerprint density at radius 1 is 1.21 bits per heavy atom. The Morgan fingerprint density at radius 2 is 2.04 bits per heavy atom. The molecule has 0 radical (unpaired) electrons. The van der Waals surface area contributed by atoms with Gasteiger partial charge in [0.1, 0.15) is 5.76 Å². The van der Waals surface area contributed by atoms with Crippen molar-refractivity contribution in [2.24, 2.45) is 0 Å². The number of carbonyl (C=O) groups is 2. The summed E-state index contributed by atoms with van der Waals surface area (Å²) in [6.07, 6.45) is 5.71. The second-order valence-electron chi connectivity index (χ2n) is 7.57. The summed E-state index contributed by atoms with van der Waals surface area (Å²) in [5.41, 5.74) is 1.11. The number of piperidine rings is 1. The first-order valence-corrected chi connectivity index (χ1v) is 10.2. The van der Waals surface area contributed by atoms with Crippen molar-refractivity contribution in [3.05, 3.63) is 52.7 Å². The Balaban J connectivity index is 1.36. The first-order valence-electron chi connectivity index (χ1n) is 9.83. The first kappa shape index (κ1) is 19.0. The maximum Gasteiger partial charge on any atom is 0.242 e. The zero-order valence-corrected chi connectivity index (χ0v) is 16.5. The van der Waals surface area contributed by atoms with E-state index in [0.717, 1.165) is 37.1 Å². The van der Waals surface area contributed by atoms with Gasteiger partial charge in [-0.15, -0.1) is 0 Å². The molecule has 0 N–H and O–H groups in total. The smallest absolute Gasteiger partial charge is 0.242 e. The Hall–Kier alpha value is -2.34. The third-order valence-corrected chi connectivity index (χ3v) is 5.74. The van der Waals surface area contributed by atoms with Crippen LogP contribution in [0.4, 0.5) is 0 Å². The largest absolute Gasteiger partial charge is 0.445 e. The highest BCUT2D eigenvalue weighted by Crippen LogP contribution is 2.27. The van der Waals surface area contributed by atoms with Crippen molar-refractivity contribution in [1.82, 2.24) is 14.8 Å². The van der Waals surface area contributed by atoms with Gasteiger partial charge in [0, 0.05) is 37.5 Å². The van der Waals surface area contributed by atoms with Crippen LogP contribution in [-0.4, -0.2) is 52.8 Å². The van der Waals surface area contributed by atoms with Crippen LogP contribution < -0.4 is 0 Å². The number of likely N-dealkylation sites (tertiary alicyclic amines) is 2. The molecule has 2 aliphatic heterocycles. The molecule has 2 aromatic rings. The second-order valence-corrected chi connectivity index (χ2v) is 8.00. The van der Waals surface area contributed by atoms with Crippen LogP contribution in [0.1, 0.15) is 48.8 Å². The molecule has 1 atom stereocenters. The zero-order valence-electron chi connectivity index (χ0n) is 15.8. The van der Waals surface area contributed by atoms with Crippen LogP contribution in [0.2, 0.25) is 5.02 Å². The van der Waals surface area contributed by atoms with E-state index in [-0.39, 0.29) is 24.3 Å². The highest BCUT2D eigenvalue weighted by Gasteiger charge is 2.30. The topological polar surface area (TPSA) is 66.7 Å². The van der Waals surface area contributed by atoms with E-state index < -0.39 is 0 Å². The van der Waals surface area contributed by atoms with Gasteiger partial charge in [0.2, 0.25) is 11.8 Å². The fraction of sp³-hybridized carbons (Fsp3) is 0.476. The minimum atomic E-state index is 0.0212. The highest BCUT2D eigenvalue weighted by atomic mass is 35.5. The van der Waals surface area contributed by atoms with Gasteiger partial charge in [0.25, 0.3) is 0 Å². The van der Waals surface area contributed by atoms with Gasteiger partial charge in [-0.25, -0.2) is 4.98 Å². The predicted molar refractivity (Wildman–Crippen MR) is 105 cm³/mol. The first-order chi connectivity index (χ1) is 13.6. The molecule has 0 aliphatic carbocycles. The van der Waals surface area contributed by atoms with Crippen molar-refractivity contribution in [1.29, 1.82) is 0 Å². The summed E-state index contributed by atoms with van der Waals surface area (Å²) in [4.78, 5) is 32.4. The molecule has 0 bridgehead atoms. The maximum absolute atomic E-state index is 12.6. The molecule has 0 unspecified atom stereocenters. The van der Waals surface area contributed by atoms with Crippen LogP contribution in [-0.2, 0) is 16.0 Å². The molecule has 1 aromatic heterocycles. The summed E-state index contributed by atoms with van der Waals surface area (Å²) in [7, 11) is 0. The van der Waals surface area contributed by atoms with Crippen molar-refractivity contribution in [3.63, 3.8) is 0 Å². The number of oxazole rings is 1. The molecule has 28 heavy (non-hydrogen) atoms. The molecular formula is C21H24ClN3O3. The van der Waals surface area contributed by atoms with E-state index in [1.807, 2.05) is 29.2 Å². The number of benzene rings is 1. The molecule has 148 valence electrons. The molecule has 2 saturated heterocycles. The van der Waals surface area contributed by atoms with Crippen LogP contribution in [0.3, 0.4) is 0 Å². The molecule has 7 heteroatoms. The lowest BCUT2D eigenvalue weighted by atomic mass is 9.98. The minimum Gasteiger partial charge on any atom is -0.445 e. The van der Waals surface area contributed by atoms with Gasteiger partial charge in [0.15, 0.2) is 5.89 Å². The third kappa shape index (κ3) is 4.38. The number of hydrogen-bond acceptors (Lipinski definition) is 4. The van der Waals surface area contributed by atoms with Crippen molar-refractivity contribution in [2.75, 3.05) is 26.2 Å². The standard InChI is InChI=1S/C21H24ClN3O3/c22-17-7-5-15(6-8-17)11-18-12-23-21(28-18)16-3-1-9-24(13-16)20(27)14-25-10-2-4-19(25)26/h5-8,12,16H,1-4,9-11,13-14H2/t16-/m1/s1. The number of amides is 2. The molecule has 2 amide bonds. The van der Waals surface area contributed by atoms with Gasteiger partial charge < -0.3 is 14.2 Å². The van der Waals surface area contributed by atoms with Gasteiger partial charge in [-0.1, -0.05) is 23.7 Å². The molecule has 3 heterocycles. The molecule has 1 aromatic carbocycles. The van der Waals surface area contributed by atoms with E-state index in [9.17, 15) is 9.59 Å². The van der Waals surface area contributed by atoms with Crippen molar-refractivity contribution < 1.29 is 14.0 Å². The average Bonchev–Trinajstić information content (AvgIpc) is 3.33. The fourth-order valence-corrected chi connectivity index (χ4v) is 4.06. The molecule has 4 rings (SSSR count). The van der Waals surface area contributed by atoms with Gasteiger partial charge >= 0.3 is 0 Å². The summed E-state index contributed by atoms with van der Waals surface area (Å²) in [5.74, 6) is 1.71. The van der Waals surface area contributed by atoms with Crippen LogP contribution in [0, 0.1) is 0 Å². The molecule has 6 nitrogen and oxygen atoms in total. The molecular weight excluding hydrogens is 378 g/mol. The Labute approximate surface area is 169 Å². The van der Waals surface area contributed by atoms with E-state index >= 15 is 0 Å². The zero-order chi connectivity index (χ0) is 19.5. The SMILES string of the molecule is O=C1CCCN1CC(=O)N1CCC[C@@H](c2ncc(Cc3ccc(Cl)cc3)o2)C1. The number of halogens is 1. The van der Waals surface area contributed by atoms with E-state index in [0.29, 0.717) is 36.8 Å². The number of rotatable bonds is 5. The van der Waals surface area contributed by atoms with Gasteiger partial charge in [-0.3, -0.25) is 9.59 Å². The van der Waals surface area contributed by atoms with Crippen molar-refractivity contribution in [2.45, 2.75) is 38.0 Å². The van der Waals surface area contributed by atoms with Gasteiger partial charge in [-0.05, 0) is 37.0 Å². The fourth-order valence-electron chi connectivity index (χ4n) is 3.94. The number of hydrogen-bond donors (Lipinski definition) is 0. The minimum absolute atomic E-state index is 0.0212. The van der Waals surface area contributed by atoms with Crippen LogP contribution in [0.5, 0.6) is 0 Å². The summed E-state index contributed by atoms with van der Waals surface area (Å²) in [5, 5.41) is 0.713. The van der Waals surface area contributed by atoms with Crippen molar-refractivity contribution in [3.8, 4) is 0 Å². The lowest BCUT2D eigenvalue weighted by Crippen LogP contribution is -2.45. The molecule has 0 saturated carbocycles. The van der Waals surface area contributed by atoms with E-state index in [1.165, 1.54) is 0 Å². The monoisotopic (exact) mass is 401 g/mol. The summed E-state index contributed by atoms with van der Waals surface area (Å²) >= 11 is 5.93. The van der Waals surface area contributed by atoms with E-state index in [4.69, 9.17) is 16.0 Å².